The number of carbonyl (C=O) groups excluding carboxylic acids is 1. The molecule has 0 bridgehead atoms. The minimum absolute atomic E-state index is 0.0567. The van der Waals surface area contributed by atoms with E-state index in [4.69, 9.17) is 0 Å². The summed E-state index contributed by atoms with van der Waals surface area (Å²) in [6, 6.07) is 5.42. The molecule has 10 nitrogen and oxygen atoms in total. The van der Waals surface area contributed by atoms with E-state index in [1.807, 2.05) is 35.1 Å². The predicted octanol–water partition coefficient (Wildman–Crippen LogP) is 1.78. The molecule has 3 aromatic rings. The highest BCUT2D eigenvalue weighted by Gasteiger charge is 2.34. The van der Waals surface area contributed by atoms with Crippen molar-refractivity contribution < 1.29 is 13.2 Å². The van der Waals surface area contributed by atoms with E-state index in [-0.39, 0.29) is 22.9 Å². The number of nitrogens with one attached hydrogen (secondary N) is 1. The molecule has 1 atom stereocenters. The Morgan fingerprint density at radius 1 is 1.27 bits per heavy atom. The Labute approximate surface area is 197 Å². The lowest BCUT2D eigenvalue weighted by Gasteiger charge is -2.30. The van der Waals surface area contributed by atoms with Crippen molar-refractivity contribution in [1.82, 2.24) is 33.8 Å². The third-order valence-corrected chi connectivity index (χ3v) is 8.51. The average Bonchev–Trinajstić information content (AvgIpc) is 3.40. The summed E-state index contributed by atoms with van der Waals surface area (Å²) in [4.78, 5) is 17.3. The number of aromatic nitrogens is 5. The molecule has 4 heterocycles. The van der Waals surface area contributed by atoms with Crippen LogP contribution in [0.5, 0.6) is 0 Å². The van der Waals surface area contributed by atoms with Crippen LogP contribution in [0.3, 0.4) is 0 Å². The van der Waals surface area contributed by atoms with Gasteiger partial charge in [-0.3, -0.25) is 9.20 Å². The smallest absolute Gasteiger partial charge is 0.262 e. The van der Waals surface area contributed by atoms with Crippen LogP contribution >= 0.6 is 11.8 Å². The van der Waals surface area contributed by atoms with Crippen LogP contribution in [-0.4, -0.2) is 67.9 Å². The maximum absolute atomic E-state index is 13.1. The summed E-state index contributed by atoms with van der Waals surface area (Å²) in [5, 5.41) is 11.8. The Balaban J connectivity index is 1.43. The number of nitrogens with zero attached hydrogens (tertiary/aromatic N) is 6. The van der Waals surface area contributed by atoms with Crippen LogP contribution in [0.25, 0.3) is 5.65 Å². The summed E-state index contributed by atoms with van der Waals surface area (Å²) in [5.74, 6) is 1.89. The van der Waals surface area contributed by atoms with Crippen LogP contribution in [0.4, 0.5) is 0 Å². The summed E-state index contributed by atoms with van der Waals surface area (Å²) in [6.07, 6.45) is 7.11. The van der Waals surface area contributed by atoms with Gasteiger partial charge in [-0.05, 0) is 50.3 Å². The molecule has 0 aromatic carbocycles. The molecule has 33 heavy (non-hydrogen) atoms. The maximum Gasteiger partial charge on any atom is 0.262 e. The number of imidazole rings is 1. The first kappa shape index (κ1) is 23.7. The monoisotopic (exact) mass is 491 g/mol. The summed E-state index contributed by atoms with van der Waals surface area (Å²) in [5.41, 5.74) is 0.735. The lowest BCUT2D eigenvalue weighted by molar-refractivity contribution is -0.127. The first-order valence-electron chi connectivity index (χ1n) is 10.9. The van der Waals surface area contributed by atoms with Gasteiger partial charge in [0.15, 0.2) is 16.5 Å². The molecule has 1 saturated heterocycles. The molecule has 3 aromatic heterocycles. The standard InChI is InChI=1S/C21H29N7O3S2/c1-15-22-19(14-26(15)2)33(30,31)27-11-7-16(8-12-27)21(29)23-17(9-13-32-3)20-25-24-18-6-4-5-10-28(18)20/h4-6,10,14,16-17H,7-9,11-13H2,1-3H3,(H,23,29). The van der Waals surface area contributed by atoms with Crippen LogP contribution in [0.1, 0.15) is 37.0 Å². The highest BCUT2D eigenvalue weighted by Crippen LogP contribution is 2.25. The number of thioether (sulfide) groups is 1. The number of carbonyl (C=O) groups is 1. The van der Waals surface area contributed by atoms with E-state index in [1.165, 1.54) is 10.5 Å². The van der Waals surface area contributed by atoms with Gasteiger partial charge in [-0.1, -0.05) is 6.07 Å². The summed E-state index contributed by atoms with van der Waals surface area (Å²) in [6.45, 7) is 2.35. The lowest BCUT2D eigenvalue weighted by Crippen LogP contribution is -2.44. The maximum atomic E-state index is 13.1. The number of sulfonamides is 1. The number of pyridine rings is 1. The van der Waals surface area contributed by atoms with Gasteiger partial charge in [0.1, 0.15) is 5.82 Å². The summed E-state index contributed by atoms with van der Waals surface area (Å²) >= 11 is 1.71. The van der Waals surface area contributed by atoms with Crippen molar-refractivity contribution in [3.8, 4) is 0 Å². The van der Waals surface area contributed by atoms with Gasteiger partial charge in [0.25, 0.3) is 10.0 Å². The number of hydrogen-bond acceptors (Lipinski definition) is 7. The molecule has 1 fully saturated rings. The van der Waals surface area contributed by atoms with Crippen molar-refractivity contribution in [2.75, 3.05) is 25.1 Å². The normalized spacial score (nSPS) is 16.8. The van der Waals surface area contributed by atoms with E-state index in [0.717, 1.165) is 17.8 Å². The average molecular weight is 492 g/mol. The van der Waals surface area contributed by atoms with Crippen molar-refractivity contribution in [2.24, 2.45) is 13.0 Å². The van der Waals surface area contributed by atoms with Crippen LogP contribution in [-0.2, 0) is 21.9 Å². The fourth-order valence-corrected chi connectivity index (χ4v) is 6.00. The first-order chi connectivity index (χ1) is 15.8. The second-order valence-electron chi connectivity index (χ2n) is 8.25. The number of hydrogen-bond donors (Lipinski definition) is 1. The van der Waals surface area contributed by atoms with Gasteiger partial charge < -0.3 is 9.88 Å². The number of amides is 1. The highest BCUT2D eigenvalue weighted by molar-refractivity contribution is 7.98. The molecule has 1 unspecified atom stereocenters. The molecule has 1 N–H and O–H groups in total. The largest absolute Gasteiger partial charge is 0.346 e. The Morgan fingerprint density at radius 3 is 2.70 bits per heavy atom. The molecule has 178 valence electrons. The molecule has 1 aliphatic heterocycles. The zero-order valence-corrected chi connectivity index (χ0v) is 20.6. The van der Waals surface area contributed by atoms with Crippen molar-refractivity contribution in [1.29, 1.82) is 0 Å². The van der Waals surface area contributed by atoms with Crippen molar-refractivity contribution >= 4 is 33.3 Å². The van der Waals surface area contributed by atoms with Crippen LogP contribution in [0.2, 0.25) is 0 Å². The van der Waals surface area contributed by atoms with Gasteiger partial charge in [-0.25, -0.2) is 13.4 Å². The molecule has 0 saturated carbocycles. The van der Waals surface area contributed by atoms with Crippen LogP contribution < -0.4 is 5.32 Å². The number of rotatable bonds is 8. The Bertz CT molecular complexity index is 1210. The number of aryl methyl sites for hydroxylation is 2. The van der Waals surface area contributed by atoms with E-state index in [9.17, 15) is 13.2 Å². The predicted molar refractivity (Wildman–Crippen MR) is 126 cm³/mol. The van der Waals surface area contributed by atoms with Gasteiger partial charge in [-0.15, -0.1) is 10.2 Å². The molecular weight excluding hydrogens is 462 g/mol. The fourth-order valence-electron chi connectivity index (χ4n) is 4.03. The highest BCUT2D eigenvalue weighted by atomic mass is 32.2. The Kier molecular flexibility index (Phi) is 7.05. The fraction of sp³-hybridized carbons (Fsp3) is 0.524. The molecule has 1 aliphatic rings. The van der Waals surface area contributed by atoms with E-state index in [2.05, 4.69) is 20.5 Å². The third-order valence-electron chi connectivity index (χ3n) is 6.09. The molecule has 12 heteroatoms. The molecule has 4 rings (SSSR count). The van der Waals surface area contributed by atoms with Crippen molar-refractivity contribution in [3.05, 3.63) is 42.2 Å². The topological polar surface area (TPSA) is 114 Å². The number of piperidine rings is 1. The number of fused-ring (bicyclic) bond motifs is 1. The molecule has 0 radical (unpaired) electrons. The SMILES string of the molecule is CSCCC(NC(=O)C1CCN(S(=O)(=O)c2cn(C)c(C)n2)CC1)c1nnc2ccccn12. The van der Waals surface area contributed by atoms with Gasteiger partial charge >= 0.3 is 0 Å². The van der Waals surface area contributed by atoms with E-state index in [0.29, 0.717) is 37.6 Å². The second kappa shape index (κ2) is 9.82. The van der Waals surface area contributed by atoms with E-state index >= 15 is 0 Å². The van der Waals surface area contributed by atoms with Gasteiger partial charge in [0.05, 0.1) is 6.04 Å². The van der Waals surface area contributed by atoms with Gasteiger partial charge in [-0.2, -0.15) is 16.1 Å². The van der Waals surface area contributed by atoms with E-state index in [1.54, 1.807) is 30.3 Å². The Hall–Kier alpha value is -2.44. The minimum Gasteiger partial charge on any atom is -0.346 e. The van der Waals surface area contributed by atoms with Crippen LogP contribution in [0.15, 0.2) is 35.6 Å². The second-order valence-corrected chi connectivity index (χ2v) is 11.1. The van der Waals surface area contributed by atoms with Crippen molar-refractivity contribution in [3.63, 3.8) is 0 Å². The molecule has 0 aliphatic carbocycles. The van der Waals surface area contributed by atoms with Crippen LogP contribution in [0, 0.1) is 12.8 Å². The zero-order chi connectivity index (χ0) is 23.6. The molecular formula is C21H29N7O3S2. The van der Waals surface area contributed by atoms with Crippen molar-refractivity contribution in [2.45, 2.75) is 37.3 Å². The first-order valence-corrected chi connectivity index (χ1v) is 13.7. The lowest BCUT2D eigenvalue weighted by atomic mass is 9.96. The summed E-state index contributed by atoms with van der Waals surface area (Å²) in [7, 11) is -1.89. The van der Waals surface area contributed by atoms with Gasteiger partial charge in [0, 0.05) is 38.4 Å². The summed E-state index contributed by atoms with van der Waals surface area (Å²) < 4.78 is 30.9. The molecule has 0 spiro atoms. The minimum atomic E-state index is -3.66. The molecule has 1 amide bonds. The zero-order valence-electron chi connectivity index (χ0n) is 19.0. The third kappa shape index (κ3) is 4.92. The quantitative estimate of drug-likeness (QED) is 0.511. The van der Waals surface area contributed by atoms with Gasteiger partial charge in [0.2, 0.25) is 5.91 Å². The van der Waals surface area contributed by atoms with E-state index < -0.39 is 10.0 Å². The Morgan fingerprint density at radius 2 is 2.03 bits per heavy atom.